The molecule has 82 valence electrons. The van der Waals surface area contributed by atoms with Gasteiger partial charge in [0.05, 0.1) is 0 Å². The minimum Gasteiger partial charge on any atom is -0.329 e. The predicted octanol–water partition coefficient (Wildman–Crippen LogP) is 1.78. The second-order valence-corrected chi connectivity index (χ2v) is 3.14. The zero-order valence-corrected chi connectivity index (χ0v) is 9.34. The van der Waals surface area contributed by atoms with Gasteiger partial charge in [0.15, 0.2) is 0 Å². The van der Waals surface area contributed by atoms with E-state index in [1.54, 1.807) is 12.3 Å². The van der Waals surface area contributed by atoms with E-state index in [0.29, 0.717) is 0 Å². The van der Waals surface area contributed by atoms with Crippen LogP contribution < -0.4 is 10.9 Å². The number of hydrogen-bond donors (Lipinski definition) is 2. The Labute approximate surface area is 90.2 Å². The average molecular weight is 206 g/mol. The molecule has 0 unspecified atom stereocenters. The van der Waals surface area contributed by atoms with Crippen molar-refractivity contribution in [2.45, 2.75) is 20.3 Å². The summed E-state index contributed by atoms with van der Waals surface area (Å²) in [5, 5.41) is 3.29. The number of H-pyrrole nitrogens is 1. The average Bonchev–Trinajstić information content (AvgIpc) is 2.34. The number of pyridine rings is 1. The molecular formula is C12H18N2O. The first-order chi connectivity index (χ1) is 7.36. The second-order valence-electron chi connectivity index (χ2n) is 3.14. The fourth-order valence-electron chi connectivity index (χ4n) is 1.47. The van der Waals surface area contributed by atoms with Crippen molar-refractivity contribution >= 4 is 5.57 Å². The molecule has 0 bridgehead atoms. The smallest absolute Gasteiger partial charge is 0.247 e. The minimum atomic E-state index is -0.0480. The van der Waals surface area contributed by atoms with Crippen molar-refractivity contribution in [3.05, 3.63) is 40.3 Å². The number of aromatic nitrogens is 1. The molecule has 15 heavy (non-hydrogen) atoms. The van der Waals surface area contributed by atoms with E-state index >= 15 is 0 Å². The third-order valence-corrected chi connectivity index (χ3v) is 2.18. The predicted molar refractivity (Wildman–Crippen MR) is 63.9 cm³/mol. The van der Waals surface area contributed by atoms with Gasteiger partial charge in [-0.1, -0.05) is 19.9 Å². The van der Waals surface area contributed by atoms with Crippen LogP contribution >= 0.6 is 0 Å². The first-order valence-corrected chi connectivity index (χ1v) is 5.45. The van der Waals surface area contributed by atoms with Crippen LogP contribution in [0.15, 0.2) is 29.2 Å². The van der Waals surface area contributed by atoms with Crippen molar-refractivity contribution in [2.75, 3.05) is 13.1 Å². The van der Waals surface area contributed by atoms with Crippen molar-refractivity contribution in [2.24, 2.45) is 0 Å². The molecule has 1 aromatic rings. The molecule has 0 fully saturated rings. The maximum absolute atomic E-state index is 10.8. The van der Waals surface area contributed by atoms with E-state index in [0.717, 1.165) is 25.1 Å². The van der Waals surface area contributed by atoms with E-state index in [-0.39, 0.29) is 5.56 Å². The fraction of sp³-hybridized carbons (Fsp3) is 0.417. The molecule has 2 rings (SSSR count). The molecule has 2 N–H and O–H groups in total. The van der Waals surface area contributed by atoms with Crippen LogP contribution in [-0.2, 0) is 0 Å². The SMILES string of the molecule is CC.O=c1ccc(C2=CCCNC2)c[nH]1. The van der Waals surface area contributed by atoms with Gasteiger partial charge in [-0.3, -0.25) is 4.79 Å². The highest BCUT2D eigenvalue weighted by Crippen LogP contribution is 2.13. The monoisotopic (exact) mass is 206 g/mol. The second kappa shape index (κ2) is 6.19. The standard InChI is InChI=1S/C10H12N2O.C2H6/c13-10-4-3-9(7-12-10)8-2-1-5-11-6-8;1-2/h2-4,7,11H,1,5-6H2,(H,12,13);1-2H3. The van der Waals surface area contributed by atoms with E-state index in [1.165, 1.54) is 5.57 Å². The minimum absolute atomic E-state index is 0.0480. The molecule has 1 aliphatic rings. The van der Waals surface area contributed by atoms with Gasteiger partial charge in [-0.15, -0.1) is 0 Å². The van der Waals surface area contributed by atoms with Crippen LogP contribution in [0.2, 0.25) is 0 Å². The zero-order valence-electron chi connectivity index (χ0n) is 9.34. The largest absolute Gasteiger partial charge is 0.329 e. The Morgan fingerprint density at radius 1 is 1.27 bits per heavy atom. The van der Waals surface area contributed by atoms with Gasteiger partial charge in [-0.05, 0) is 30.2 Å². The summed E-state index contributed by atoms with van der Waals surface area (Å²) >= 11 is 0. The lowest BCUT2D eigenvalue weighted by molar-refractivity contribution is 0.739. The lowest BCUT2D eigenvalue weighted by Crippen LogP contribution is -2.21. The van der Waals surface area contributed by atoms with Crippen molar-refractivity contribution < 1.29 is 0 Å². The fourth-order valence-corrected chi connectivity index (χ4v) is 1.47. The maximum Gasteiger partial charge on any atom is 0.247 e. The maximum atomic E-state index is 10.8. The summed E-state index contributed by atoms with van der Waals surface area (Å²) in [5.41, 5.74) is 2.32. The van der Waals surface area contributed by atoms with E-state index in [1.807, 2.05) is 19.9 Å². The van der Waals surface area contributed by atoms with Crippen LogP contribution in [0.4, 0.5) is 0 Å². The van der Waals surface area contributed by atoms with Crippen LogP contribution in [-0.4, -0.2) is 18.1 Å². The first kappa shape index (κ1) is 11.7. The Balaban J connectivity index is 0.000000531. The molecule has 2 heterocycles. The Kier molecular flexibility index (Phi) is 4.84. The quantitative estimate of drug-likeness (QED) is 0.735. The number of rotatable bonds is 1. The number of aromatic amines is 1. The van der Waals surface area contributed by atoms with Crippen molar-refractivity contribution in [1.82, 2.24) is 10.3 Å². The third kappa shape index (κ3) is 3.36. The molecule has 0 spiro atoms. The highest BCUT2D eigenvalue weighted by molar-refractivity contribution is 5.66. The van der Waals surface area contributed by atoms with Crippen LogP contribution in [0.5, 0.6) is 0 Å². The molecule has 3 heteroatoms. The van der Waals surface area contributed by atoms with Crippen molar-refractivity contribution in [3.8, 4) is 0 Å². The van der Waals surface area contributed by atoms with Gasteiger partial charge in [0.25, 0.3) is 0 Å². The summed E-state index contributed by atoms with van der Waals surface area (Å²) in [6.45, 7) is 5.94. The summed E-state index contributed by atoms with van der Waals surface area (Å²) in [5.74, 6) is 0. The molecule has 0 aliphatic carbocycles. The molecule has 0 radical (unpaired) electrons. The summed E-state index contributed by atoms with van der Waals surface area (Å²) in [6, 6.07) is 3.42. The molecule has 0 saturated carbocycles. The van der Waals surface area contributed by atoms with Crippen LogP contribution in [0, 0.1) is 0 Å². The zero-order chi connectivity index (χ0) is 11.1. The summed E-state index contributed by atoms with van der Waals surface area (Å²) in [7, 11) is 0. The Hall–Kier alpha value is -1.35. The van der Waals surface area contributed by atoms with Crippen LogP contribution in [0.3, 0.4) is 0 Å². The number of hydrogen-bond acceptors (Lipinski definition) is 2. The van der Waals surface area contributed by atoms with Crippen molar-refractivity contribution in [1.29, 1.82) is 0 Å². The Morgan fingerprint density at radius 2 is 2.07 bits per heavy atom. The third-order valence-electron chi connectivity index (χ3n) is 2.18. The molecule has 0 amide bonds. The summed E-state index contributed by atoms with van der Waals surface area (Å²) in [6.07, 6.45) is 5.04. The van der Waals surface area contributed by atoms with Crippen LogP contribution in [0.1, 0.15) is 25.8 Å². The lowest BCUT2D eigenvalue weighted by atomic mass is 10.0. The molecule has 0 aromatic carbocycles. The molecule has 0 saturated heterocycles. The molecule has 0 atom stereocenters. The van der Waals surface area contributed by atoms with Gasteiger partial charge < -0.3 is 10.3 Å². The highest BCUT2D eigenvalue weighted by Gasteiger charge is 2.04. The van der Waals surface area contributed by atoms with Gasteiger partial charge in [-0.25, -0.2) is 0 Å². The number of nitrogens with one attached hydrogen (secondary N) is 2. The van der Waals surface area contributed by atoms with Gasteiger partial charge in [0, 0.05) is 18.8 Å². The van der Waals surface area contributed by atoms with Gasteiger partial charge >= 0.3 is 0 Å². The van der Waals surface area contributed by atoms with E-state index in [2.05, 4.69) is 16.4 Å². The van der Waals surface area contributed by atoms with Crippen LogP contribution in [0.25, 0.3) is 5.57 Å². The molecule has 1 aromatic heterocycles. The van der Waals surface area contributed by atoms with E-state index < -0.39 is 0 Å². The normalized spacial score (nSPS) is 14.9. The summed E-state index contributed by atoms with van der Waals surface area (Å²) < 4.78 is 0. The first-order valence-electron chi connectivity index (χ1n) is 5.45. The summed E-state index contributed by atoms with van der Waals surface area (Å²) in [4.78, 5) is 13.5. The van der Waals surface area contributed by atoms with Gasteiger partial charge in [-0.2, -0.15) is 0 Å². The lowest BCUT2D eigenvalue weighted by Gasteiger charge is -2.13. The molecule has 3 nitrogen and oxygen atoms in total. The van der Waals surface area contributed by atoms with Gasteiger partial charge in [0.2, 0.25) is 5.56 Å². The van der Waals surface area contributed by atoms with Crippen molar-refractivity contribution in [3.63, 3.8) is 0 Å². The van der Waals surface area contributed by atoms with Gasteiger partial charge in [0.1, 0.15) is 0 Å². The topological polar surface area (TPSA) is 44.9 Å². The molecular weight excluding hydrogens is 188 g/mol. The Morgan fingerprint density at radius 3 is 2.60 bits per heavy atom. The van der Waals surface area contributed by atoms with E-state index in [9.17, 15) is 4.79 Å². The molecule has 1 aliphatic heterocycles. The Bertz CT molecular complexity index is 359. The van der Waals surface area contributed by atoms with E-state index in [4.69, 9.17) is 0 Å². The highest BCUT2D eigenvalue weighted by atomic mass is 16.1.